The van der Waals surface area contributed by atoms with Gasteiger partial charge in [-0.3, -0.25) is 4.79 Å². The van der Waals surface area contributed by atoms with Crippen LogP contribution in [0.2, 0.25) is 5.02 Å². The molecule has 5 heteroatoms. The molecular formula is C12H17ClN2OS. The highest BCUT2D eigenvalue weighted by Crippen LogP contribution is 2.21. The lowest BCUT2D eigenvalue weighted by Gasteiger charge is -2.32. The maximum absolute atomic E-state index is 11.9. The molecule has 0 spiro atoms. The molecule has 1 aromatic rings. The summed E-state index contributed by atoms with van der Waals surface area (Å²) >= 11 is 7.31. The number of likely N-dealkylation sites (N-methyl/N-ethyl adjacent to an activating group) is 1. The lowest BCUT2D eigenvalue weighted by atomic mass is 10.0. The smallest absolute Gasteiger partial charge is 0.262 e. The zero-order valence-corrected chi connectivity index (χ0v) is 11.5. The monoisotopic (exact) mass is 272 g/mol. The summed E-state index contributed by atoms with van der Waals surface area (Å²) in [6, 6.07) is 2.22. The van der Waals surface area contributed by atoms with E-state index < -0.39 is 0 Å². The fourth-order valence-corrected chi connectivity index (χ4v) is 3.21. The predicted molar refractivity (Wildman–Crippen MR) is 71.9 cm³/mol. The molecule has 0 saturated carbocycles. The molecule has 1 N–H and O–H groups in total. The number of rotatable bonds is 3. The van der Waals surface area contributed by atoms with Gasteiger partial charge >= 0.3 is 0 Å². The van der Waals surface area contributed by atoms with Gasteiger partial charge in [-0.05, 0) is 37.9 Å². The highest BCUT2D eigenvalue weighted by molar-refractivity contribution is 7.12. The number of hydrogen-bond donors (Lipinski definition) is 1. The van der Waals surface area contributed by atoms with Crippen molar-refractivity contribution in [2.24, 2.45) is 0 Å². The van der Waals surface area contributed by atoms with E-state index in [0.29, 0.717) is 22.5 Å². The first-order chi connectivity index (χ1) is 8.18. The lowest BCUT2D eigenvalue weighted by Crippen LogP contribution is -2.44. The van der Waals surface area contributed by atoms with E-state index in [2.05, 4.69) is 17.3 Å². The van der Waals surface area contributed by atoms with E-state index in [4.69, 9.17) is 11.6 Å². The average Bonchev–Trinajstić information content (AvgIpc) is 2.74. The van der Waals surface area contributed by atoms with E-state index in [0.717, 1.165) is 13.0 Å². The summed E-state index contributed by atoms with van der Waals surface area (Å²) in [5.41, 5.74) is 0. The molecule has 1 fully saturated rings. The average molecular weight is 273 g/mol. The van der Waals surface area contributed by atoms with Crippen molar-refractivity contribution in [3.8, 4) is 0 Å². The molecule has 1 amide bonds. The van der Waals surface area contributed by atoms with Gasteiger partial charge in [-0.25, -0.2) is 0 Å². The third-order valence-corrected chi connectivity index (χ3v) is 4.58. The summed E-state index contributed by atoms with van der Waals surface area (Å²) in [5, 5.41) is 5.35. The van der Waals surface area contributed by atoms with Crippen LogP contribution in [0.25, 0.3) is 0 Å². The number of thiophene rings is 1. The van der Waals surface area contributed by atoms with Crippen LogP contribution in [-0.4, -0.2) is 37.0 Å². The molecule has 0 unspecified atom stereocenters. The van der Waals surface area contributed by atoms with E-state index in [1.165, 1.54) is 24.2 Å². The summed E-state index contributed by atoms with van der Waals surface area (Å²) < 4.78 is 0. The number of carbonyl (C=O) groups excluding carboxylic acids is 1. The summed E-state index contributed by atoms with van der Waals surface area (Å²) in [6.45, 7) is 1.84. The third-order valence-electron chi connectivity index (χ3n) is 3.24. The Bertz CT molecular complexity index is 394. The summed E-state index contributed by atoms with van der Waals surface area (Å²) in [7, 11) is 2.12. The Morgan fingerprint density at radius 1 is 1.65 bits per heavy atom. The predicted octanol–water partition coefficient (Wildman–Crippen LogP) is 2.62. The fourth-order valence-electron chi connectivity index (χ4n) is 2.15. The van der Waals surface area contributed by atoms with E-state index in [1.54, 1.807) is 6.07 Å². The number of amides is 1. The van der Waals surface area contributed by atoms with Gasteiger partial charge in [0.2, 0.25) is 0 Å². The van der Waals surface area contributed by atoms with E-state index in [1.807, 2.05) is 5.38 Å². The molecule has 1 aliphatic rings. The highest BCUT2D eigenvalue weighted by Gasteiger charge is 2.20. The standard InChI is InChI=1S/C12H17ClN2OS/c1-15-6-3-2-4-9(15)8-14-12(16)11-10(13)5-7-17-11/h5,7,9H,2-4,6,8H2,1H3,(H,14,16)/t9-/m0/s1. The van der Waals surface area contributed by atoms with Crippen molar-refractivity contribution >= 4 is 28.8 Å². The maximum atomic E-state index is 11.9. The van der Waals surface area contributed by atoms with Crippen molar-refractivity contribution in [3.63, 3.8) is 0 Å². The first-order valence-electron chi connectivity index (χ1n) is 5.90. The van der Waals surface area contributed by atoms with Crippen molar-refractivity contribution < 1.29 is 4.79 Å². The molecule has 17 heavy (non-hydrogen) atoms. The molecule has 0 aliphatic carbocycles. The van der Waals surface area contributed by atoms with Gasteiger partial charge in [-0.1, -0.05) is 18.0 Å². The minimum atomic E-state index is -0.0519. The van der Waals surface area contributed by atoms with Gasteiger partial charge < -0.3 is 10.2 Å². The second-order valence-electron chi connectivity index (χ2n) is 4.44. The van der Waals surface area contributed by atoms with Crippen LogP contribution in [0.1, 0.15) is 28.9 Å². The summed E-state index contributed by atoms with van der Waals surface area (Å²) in [4.78, 5) is 14.8. The fraction of sp³-hybridized carbons (Fsp3) is 0.583. The van der Waals surface area contributed by atoms with Crippen LogP contribution in [0.15, 0.2) is 11.4 Å². The molecule has 3 nitrogen and oxygen atoms in total. The maximum Gasteiger partial charge on any atom is 0.262 e. The van der Waals surface area contributed by atoms with Gasteiger partial charge in [0.05, 0.1) is 5.02 Å². The van der Waals surface area contributed by atoms with Crippen molar-refractivity contribution in [2.45, 2.75) is 25.3 Å². The van der Waals surface area contributed by atoms with Crippen molar-refractivity contribution in [1.29, 1.82) is 0 Å². The second kappa shape index (κ2) is 5.85. The Morgan fingerprint density at radius 2 is 2.47 bits per heavy atom. The number of halogens is 1. The number of nitrogens with one attached hydrogen (secondary N) is 1. The third kappa shape index (κ3) is 3.21. The Kier molecular flexibility index (Phi) is 4.42. The molecule has 2 heterocycles. The number of hydrogen-bond acceptors (Lipinski definition) is 3. The summed E-state index contributed by atoms with van der Waals surface area (Å²) in [6.07, 6.45) is 3.68. The van der Waals surface area contributed by atoms with E-state index >= 15 is 0 Å². The minimum Gasteiger partial charge on any atom is -0.350 e. The lowest BCUT2D eigenvalue weighted by molar-refractivity contribution is 0.0932. The molecule has 0 aromatic carbocycles. The first-order valence-corrected chi connectivity index (χ1v) is 7.15. The number of nitrogens with zero attached hydrogens (tertiary/aromatic N) is 1. The van der Waals surface area contributed by atoms with Crippen molar-refractivity contribution in [2.75, 3.05) is 20.1 Å². The first kappa shape index (κ1) is 12.9. The van der Waals surface area contributed by atoms with E-state index in [9.17, 15) is 4.79 Å². The Labute approximate surface area is 111 Å². The van der Waals surface area contributed by atoms with E-state index in [-0.39, 0.29) is 5.91 Å². The molecule has 1 atom stereocenters. The van der Waals surface area contributed by atoms with Crippen LogP contribution in [0.5, 0.6) is 0 Å². The SMILES string of the molecule is CN1CCCC[C@H]1CNC(=O)c1sccc1Cl. The van der Waals surface area contributed by atoms with Gasteiger partial charge in [0.1, 0.15) is 4.88 Å². The van der Waals surface area contributed by atoms with Crippen LogP contribution in [0.3, 0.4) is 0 Å². The highest BCUT2D eigenvalue weighted by atomic mass is 35.5. The van der Waals surface area contributed by atoms with Crippen LogP contribution in [0, 0.1) is 0 Å². The number of carbonyl (C=O) groups is 1. The Morgan fingerprint density at radius 3 is 3.12 bits per heavy atom. The van der Waals surface area contributed by atoms with Gasteiger partial charge in [0, 0.05) is 12.6 Å². The second-order valence-corrected chi connectivity index (χ2v) is 5.76. The normalized spacial score (nSPS) is 21.4. The zero-order valence-electron chi connectivity index (χ0n) is 9.91. The van der Waals surface area contributed by atoms with Gasteiger partial charge in [-0.15, -0.1) is 11.3 Å². The van der Waals surface area contributed by atoms with Crippen LogP contribution < -0.4 is 5.32 Å². The number of piperidine rings is 1. The van der Waals surface area contributed by atoms with Crippen LogP contribution in [0.4, 0.5) is 0 Å². The Balaban J connectivity index is 1.86. The molecule has 0 bridgehead atoms. The summed E-state index contributed by atoms with van der Waals surface area (Å²) in [5.74, 6) is -0.0519. The molecule has 1 aliphatic heterocycles. The van der Waals surface area contributed by atoms with Crippen LogP contribution >= 0.6 is 22.9 Å². The topological polar surface area (TPSA) is 32.3 Å². The molecule has 1 aromatic heterocycles. The minimum absolute atomic E-state index is 0.0519. The quantitative estimate of drug-likeness (QED) is 0.917. The van der Waals surface area contributed by atoms with Crippen LogP contribution in [-0.2, 0) is 0 Å². The molecule has 94 valence electrons. The molecular weight excluding hydrogens is 256 g/mol. The molecule has 2 rings (SSSR count). The molecule has 0 radical (unpaired) electrons. The van der Waals surface area contributed by atoms with Crippen molar-refractivity contribution in [1.82, 2.24) is 10.2 Å². The molecule has 1 saturated heterocycles. The largest absolute Gasteiger partial charge is 0.350 e. The number of likely N-dealkylation sites (tertiary alicyclic amines) is 1. The Hall–Kier alpha value is -0.580. The van der Waals surface area contributed by atoms with Gasteiger partial charge in [-0.2, -0.15) is 0 Å². The van der Waals surface area contributed by atoms with Gasteiger partial charge in [0.15, 0.2) is 0 Å². The van der Waals surface area contributed by atoms with Crippen molar-refractivity contribution in [3.05, 3.63) is 21.3 Å². The zero-order chi connectivity index (χ0) is 12.3. The van der Waals surface area contributed by atoms with Gasteiger partial charge in [0.25, 0.3) is 5.91 Å².